The lowest BCUT2D eigenvalue weighted by molar-refractivity contribution is 1.38. The van der Waals surface area contributed by atoms with Crippen LogP contribution in [0, 0.1) is 40.9 Å². The number of benzene rings is 1. The minimum atomic E-state index is 0.123. The molecular weight excluding hydrogens is 162 g/mol. The highest BCUT2D eigenvalue weighted by Gasteiger charge is 2.07. The zero-order chi connectivity index (χ0) is 9.84. The van der Waals surface area contributed by atoms with E-state index in [0.29, 0.717) is 5.56 Å². The second kappa shape index (κ2) is 3.39. The average molecular weight is 166 g/mol. The molecule has 0 amide bonds. The largest absolute Gasteiger partial charge is 0.192 e. The molecule has 0 aliphatic carbocycles. The number of nitrogens with zero attached hydrogens (tertiary/aromatic N) is 3. The molecule has 0 atom stereocenters. The first-order chi connectivity index (χ1) is 6.22. The van der Waals surface area contributed by atoms with Crippen molar-refractivity contribution >= 4 is 0 Å². The predicted molar refractivity (Wildman–Crippen MR) is 45.0 cm³/mol. The lowest BCUT2D eigenvalue weighted by atomic mass is 10.0. The molecule has 0 fully saturated rings. The number of rotatable bonds is 0. The van der Waals surface area contributed by atoms with Crippen molar-refractivity contribution < 1.29 is 0 Å². The summed E-state index contributed by atoms with van der Waals surface area (Å²) in [6, 6.07) is 8.49. The molecule has 0 unspecified atom stereocenters. The molecule has 13 heavy (non-hydrogen) atoms. The van der Waals surface area contributed by atoms with Crippen LogP contribution in [0.2, 0.25) is 0 Å². The van der Waals surface area contributed by atoms with E-state index in [-0.39, 0.29) is 16.7 Å². The summed E-state index contributed by atoms with van der Waals surface area (Å²) in [5.74, 6) is 0. The Balaban J connectivity index is 3.59. The Bertz CT molecular complexity index is 431. The lowest BCUT2D eigenvalue weighted by Gasteiger charge is -1.98. The van der Waals surface area contributed by atoms with Crippen LogP contribution in [0.3, 0.4) is 0 Å². The fraction of sp³-hybridized carbons (Fsp3) is 0. The van der Waals surface area contributed by atoms with Crippen molar-refractivity contribution in [1.29, 1.82) is 15.8 Å². The molecule has 0 saturated carbocycles. The average Bonchev–Trinajstić information content (AvgIpc) is 2.16. The normalized spacial score (nSPS) is 8.15. The van der Waals surface area contributed by atoms with Crippen molar-refractivity contribution in [2.75, 3.05) is 0 Å². The van der Waals surface area contributed by atoms with Crippen LogP contribution in [0.25, 0.3) is 0 Å². The van der Waals surface area contributed by atoms with Crippen LogP contribution >= 0.6 is 0 Å². The predicted octanol–water partition coefficient (Wildman–Crippen LogP) is 1.48. The van der Waals surface area contributed by atoms with Crippen molar-refractivity contribution in [3.05, 3.63) is 41.3 Å². The minimum Gasteiger partial charge on any atom is -0.192 e. The molecule has 0 aliphatic heterocycles. The summed E-state index contributed by atoms with van der Waals surface area (Å²) in [5, 5.41) is 26.0. The maximum Gasteiger partial charge on any atom is 0.102 e. The van der Waals surface area contributed by atoms with E-state index in [1.807, 2.05) is 18.2 Å². The van der Waals surface area contributed by atoms with Gasteiger partial charge in [0.25, 0.3) is 0 Å². The molecule has 0 saturated heterocycles. The van der Waals surface area contributed by atoms with Gasteiger partial charge in [0, 0.05) is 0 Å². The van der Waals surface area contributed by atoms with Gasteiger partial charge in [-0.05, 0) is 24.6 Å². The molecule has 1 aromatic rings. The van der Waals surface area contributed by atoms with E-state index in [9.17, 15) is 0 Å². The number of hydrogen-bond acceptors (Lipinski definition) is 3. The van der Waals surface area contributed by atoms with E-state index >= 15 is 0 Å². The minimum absolute atomic E-state index is 0.123. The molecule has 1 radical (unpaired) electrons. The van der Waals surface area contributed by atoms with Gasteiger partial charge < -0.3 is 0 Å². The molecular formula is C10H4N3. The molecule has 1 rings (SSSR count). The summed E-state index contributed by atoms with van der Waals surface area (Å²) in [5.41, 5.74) is 1.09. The van der Waals surface area contributed by atoms with Crippen LogP contribution in [0.1, 0.15) is 22.3 Å². The Morgan fingerprint density at radius 1 is 0.923 bits per heavy atom. The van der Waals surface area contributed by atoms with Gasteiger partial charge in [0.2, 0.25) is 0 Å². The number of nitriles is 3. The molecule has 0 bridgehead atoms. The summed E-state index contributed by atoms with van der Waals surface area (Å²) >= 11 is 0. The van der Waals surface area contributed by atoms with E-state index in [1.54, 1.807) is 0 Å². The first-order valence-corrected chi connectivity index (χ1v) is 3.43. The maximum atomic E-state index is 8.68. The Morgan fingerprint density at radius 3 is 1.69 bits per heavy atom. The van der Waals surface area contributed by atoms with Crippen molar-refractivity contribution in [3.63, 3.8) is 0 Å². The monoisotopic (exact) mass is 166 g/mol. The summed E-state index contributed by atoms with van der Waals surface area (Å²) in [7, 11) is 0. The number of hydrogen-bond donors (Lipinski definition) is 0. The summed E-state index contributed by atoms with van der Waals surface area (Å²) in [6.45, 7) is 3.60. The summed E-state index contributed by atoms with van der Waals surface area (Å²) in [4.78, 5) is 0. The second-order valence-electron chi connectivity index (χ2n) is 2.40. The summed E-state index contributed by atoms with van der Waals surface area (Å²) in [6.07, 6.45) is 0. The molecule has 0 spiro atoms. The highest BCUT2D eigenvalue weighted by molar-refractivity contribution is 5.57. The second-order valence-corrected chi connectivity index (χ2v) is 2.40. The molecule has 3 nitrogen and oxygen atoms in total. The van der Waals surface area contributed by atoms with Gasteiger partial charge in [-0.3, -0.25) is 0 Å². The first kappa shape index (κ1) is 8.78. The van der Waals surface area contributed by atoms with Gasteiger partial charge in [-0.1, -0.05) is 0 Å². The van der Waals surface area contributed by atoms with Gasteiger partial charge in [0.15, 0.2) is 0 Å². The Kier molecular flexibility index (Phi) is 2.29. The van der Waals surface area contributed by atoms with Crippen molar-refractivity contribution in [2.45, 2.75) is 0 Å². The quantitative estimate of drug-likeness (QED) is 0.586. The van der Waals surface area contributed by atoms with Crippen molar-refractivity contribution in [1.82, 2.24) is 0 Å². The van der Waals surface area contributed by atoms with Crippen LogP contribution in [0.15, 0.2) is 12.1 Å². The van der Waals surface area contributed by atoms with Gasteiger partial charge in [-0.2, -0.15) is 15.8 Å². The molecule has 59 valence electrons. The third-order valence-electron chi connectivity index (χ3n) is 1.55. The van der Waals surface area contributed by atoms with E-state index in [0.717, 1.165) is 0 Å². The van der Waals surface area contributed by atoms with Crippen molar-refractivity contribution in [2.24, 2.45) is 0 Å². The Hall–Kier alpha value is -2.31. The fourth-order valence-corrected chi connectivity index (χ4v) is 0.999. The summed E-state index contributed by atoms with van der Waals surface area (Å²) < 4.78 is 0. The highest BCUT2D eigenvalue weighted by atomic mass is 14.3. The van der Waals surface area contributed by atoms with E-state index < -0.39 is 0 Å². The third-order valence-corrected chi connectivity index (χ3v) is 1.55. The van der Waals surface area contributed by atoms with Crippen LogP contribution in [0.4, 0.5) is 0 Å². The topological polar surface area (TPSA) is 71.4 Å². The van der Waals surface area contributed by atoms with E-state index in [2.05, 4.69) is 6.92 Å². The van der Waals surface area contributed by atoms with Gasteiger partial charge in [-0.25, -0.2) is 0 Å². The van der Waals surface area contributed by atoms with Crippen LogP contribution in [-0.4, -0.2) is 0 Å². The SMILES string of the molecule is [CH2]c1cc(C#N)c(C#N)c(C#N)c1. The van der Waals surface area contributed by atoms with Gasteiger partial charge in [0.05, 0.1) is 16.7 Å². The zero-order valence-corrected chi connectivity index (χ0v) is 6.70. The van der Waals surface area contributed by atoms with Gasteiger partial charge in [0.1, 0.15) is 18.2 Å². The third kappa shape index (κ3) is 1.48. The van der Waals surface area contributed by atoms with Crippen molar-refractivity contribution in [3.8, 4) is 18.2 Å². The Labute approximate surface area is 76.1 Å². The smallest absolute Gasteiger partial charge is 0.102 e. The maximum absolute atomic E-state index is 8.68. The van der Waals surface area contributed by atoms with Crippen LogP contribution in [0.5, 0.6) is 0 Å². The molecule has 0 aromatic heterocycles. The molecule has 3 heteroatoms. The molecule has 0 N–H and O–H groups in total. The molecule has 1 aromatic carbocycles. The molecule has 0 aliphatic rings. The van der Waals surface area contributed by atoms with Gasteiger partial charge in [-0.15, -0.1) is 0 Å². The lowest BCUT2D eigenvalue weighted by Crippen LogP contribution is -1.91. The first-order valence-electron chi connectivity index (χ1n) is 3.43. The van der Waals surface area contributed by atoms with E-state index in [1.165, 1.54) is 12.1 Å². The standard InChI is InChI=1S/C10H4N3/c1-7-2-8(4-11)10(6-13)9(3-7)5-12/h2-3H,1H2. The Morgan fingerprint density at radius 2 is 1.38 bits per heavy atom. The fourth-order valence-electron chi connectivity index (χ4n) is 0.999. The molecule has 0 heterocycles. The van der Waals surface area contributed by atoms with Crippen LogP contribution < -0.4 is 0 Å². The highest BCUT2D eigenvalue weighted by Crippen LogP contribution is 2.14. The zero-order valence-electron chi connectivity index (χ0n) is 6.70. The van der Waals surface area contributed by atoms with Crippen LogP contribution in [-0.2, 0) is 0 Å². The van der Waals surface area contributed by atoms with E-state index in [4.69, 9.17) is 15.8 Å². The van der Waals surface area contributed by atoms with Gasteiger partial charge >= 0.3 is 0 Å².